The summed E-state index contributed by atoms with van der Waals surface area (Å²) in [5.41, 5.74) is 0.288. The molecule has 114 valence electrons. The summed E-state index contributed by atoms with van der Waals surface area (Å²) in [7, 11) is 0. The molecule has 1 saturated heterocycles. The summed E-state index contributed by atoms with van der Waals surface area (Å²) in [6.45, 7) is 3.99. The van der Waals surface area contributed by atoms with Crippen LogP contribution in [0.25, 0.3) is 0 Å². The molecule has 1 aromatic carbocycles. The highest BCUT2D eigenvalue weighted by molar-refractivity contribution is 5.75. The number of carbonyl (C=O) groups is 1. The van der Waals surface area contributed by atoms with E-state index in [4.69, 9.17) is 4.74 Å². The Hall–Kier alpha value is -1.62. The number of benzene rings is 1. The topological polar surface area (TPSA) is 49.8 Å². The minimum Gasteiger partial charge on any atom is -0.488 e. The van der Waals surface area contributed by atoms with Crippen LogP contribution in [0.3, 0.4) is 0 Å². The normalized spacial score (nSPS) is 28.4. The van der Waals surface area contributed by atoms with Crippen LogP contribution in [0.15, 0.2) is 18.2 Å². The van der Waals surface area contributed by atoms with Gasteiger partial charge in [-0.25, -0.2) is 4.39 Å². The first kappa shape index (κ1) is 14.3. The molecule has 0 bridgehead atoms. The minimum absolute atomic E-state index is 0.0109. The van der Waals surface area contributed by atoms with E-state index in [9.17, 15) is 14.3 Å². The number of aliphatic carboxylic acids is 1. The molecule has 4 nitrogen and oxygen atoms in total. The molecule has 2 unspecified atom stereocenters. The summed E-state index contributed by atoms with van der Waals surface area (Å²) < 4.78 is 19.0. The molecule has 1 fully saturated rings. The van der Waals surface area contributed by atoms with E-state index in [1.54, 1.807) is 6.07 Å². The van der Waals surface area contributed by atoms with Gasteiger partial charge in [0.05, 0.1) is 5.41 Å². The maximum absolute atomic E-state index is 13.2. The average Bonchev–Trinajstić information content (AvgIpc) is 3.03. The van der Waals surface area contributed by atoms with Crippen molar-refractivity contribution in [3.05, 3.63) is 29.6 Å². The third kappa shape index (κ3) is 2.62. The Kier molecular flexibility index (Phi) is 3.61. The molecule has 1 aromatic rings. The smallest absolute Gasteiger partial charge is 0.310 e. The summed E-state index contributed by atoms with van der Waals surface area (Å²) in [4.78, 5) is 13.6. The van der Waals surface area contributed by atoms with Gasteiger partial charge in [-0.1, -0.05) is 6.92 Å². The second-order valence-electron chi connectivity index (χ2n) is 6.12. The zero-order valence-electron chi connectivity index (χ0n) is 12.1. The van der Waals surface area contributed by atoms with Crippen molar-refractivity contribution in [1.29, 1.82) is 0 Å². The van der Waals surface area contributed by atoms with Gasteiger partial charge in [0.15, 0.2) is 0 Å². The Morgan fingerprint density at radius 2 is 2.38 bits per heavy atom. The lowest BCUT2D eigenvalue weighted by Gasteiger charge is -2.24. The second-order valence-corrected chi connectivity index (χ2v) is 6.12. The number of hydrogen-bond acceptors (Lipinski definition) is 3. The van der Waals surface area contributed by atoms with Crippen molar-refractivity contribution in [3.63, 3.8) is 0 Å². The van der Waals surface area contributed by atoms with Gasteiger partial charge in [-0.05, 0) is 37.6 Å². The Balaban J connectivity index is 1.61. The molecular weight excluding hydrogens is 273 g/mol. The molecule has 0 aliphatic carbocycles. The van der Waals surface area contributed by atoms with Gasteiger partial charge < -0.3 is 9.84 Å². The van der Waals surface area contributed by atoms with Gasteiger partial charge in [-0.2, -0.15) is 0 Å². The van der Waals surface area contributed by atoms with E-state index in [0.29, 0.717) is 32.4 Å². The molecule has 3 rings (SSSR count). The van der Waals surface area contributed by atoms with Gasteiger partial charge in [0.25, 0.3) is 0 Å². The molecule has 0 aromatic heterocycles. The predicted molar refractivity (Wildman–Crippen MR) is 75.9 cm³/mol. The van der Waals surface area contributed by atoms with Crippen molar-refractivity contribution in [1.82, 2.24) is 4.90 Å². The summed E-state index contributed by atoms with van der Waals surface area (Å²) in [6, 6.07) is 4.60. The van der Waals surface area contributed by atoms with Gasteiger partial charge in [-0.3, -0.25) is 9.69 Å². The lowest BCUT2D eigenvalue weighted by Crippen LogP contribution is -2.38. The lowest BCUT2D eigenvalue weighted by molar-refractivity contribution is -0.148. The number of halogens is 1. The molecular formula is C16H20FNO3. The number of fused-ring (bicyclic) bond motifs is 1. The molecule has 0 radical (unpaired) electrons. The highest BCUT2D eigenvalue weighted by Crippen LogP contribution is 2.35. The number of carboxylic acids is 1. The van der Waals surface area contributed by atoms with Gasteiger partial charge in [0.2, 0.25) is 0 Å². The first-order valence-corrected chi connectivity index (χ1v) is 7.43. The van der Waals surface area contributed by atoms with Crippen molar-refractivity contribution in [3.8, 4) is 5.75 Å². The fraction of sp³-hybridized carbons (Fsp3) is 0.562. The third-order valence-corrected chi connectivity index (χ3v) is 4.79. The van der Waals surface area contributed by atoms with Gasteiger partial charge in [-0.15, -0.1) is 0 Å². The zero-order valence-corrected chi connectivity index (χ0v) is 12.1. The van der Waals surface area contributed by atoms with Crippen LogP contribution in [0.2, 0.25) is 0 Å². The fourth-order valence-electron chi connectivity index (χ4n) is 3.41. The van der Waals surface area contributed by atoms with Crippen LogP contribution >= 0.6 is 0 Å². The highest BCUT2D eigenvalue weighted by Gasteiger charge is 2.44. The van der Waals surface area contributed by atoms with Crippen molar-refractivity contribution in [2.24, 2.45) is 5.41 Å². The van der Waals surface area contributed by atoms with Crippen molar-refractivity contribution in [2.75, 3.05) is 19.6 Å². The fourth-order valence-corrected chi connectivity index (χ4v) is 3.41. The zero-order chi connectivity index (χ0) is 15.0. The molecule has 5 heteroatoms. The number of rotatable bonds is 4. The second kappa shape index (κ2) is 5.30. The van der Waals surface area contributed by atoms with E-state index >= 15 is 0 Å². The van der Waals surface area contributed by atoms with Crippen molar-refractivity contribution in [2.45, 2.75) is 32.3 Å². The Morgan fingerprint density at radius 1 is 1.57 bits per heavy atom. The Bertz CT molecular complexity index is 562. The van der Waals surface area contributed by atoms with E-state index in [-0.39, 0.29) is 11.9 Å². The van der Waals surface area contributed by atoms with E-state index in [2.05, 4.69) is 4.90 Å². The van der Waals surface area contributed by atoms with Crippen LogP contribution in [-0.2, 0) is 11.2 Å². The van der Waals surface area contributed by atoms with E-state index < -0.39 is 11.4 Å². The molecule has 2 aliphatic heterocycles. The summed E-state index contributed by atoms with van der Waals surface area (Å²) in [5.74, 6) is -0.194. The summed E-state index contributed by atoms with van der Waals surface area (Å²) in [5, 5.41) is 9.42. The molecule has 0 saturated carbocycles. The minimum atomic E-state index is -0.704. The van der Waals surface area contributed by atoms with Crippen molar-refractivity contribution >= 4 is 5.97 Å². The quantitative estimate of drug-likeness (QED) is 0.925. The van der Waals surface area contributed by atoms with E-state index in [1.165, 1.54) is 12.1 Å². The van der Waals surface area contributed by atoms with Gasteiger partial charge >= 0.3 is 5.97 Å². The first-order valence-electron chi connectivity index (χ1n) is 7.43. The van der Waals surface area contributed by atoms with Crippen LogP contribution in [-0.4, -0.2) is 41.7 Å². The molecule has 0 spiro atoms. The van der Waals surface area contributed by atoms with E-state index in [0.717, 1.165) is 17.9 Å². The Labute approximate surface area is 123 Å². The molecule has 2 atom stereocenters. The monoisotopic (exact) mass is 293 g/mol. The predicted octanol–water partition coefficient (Wildman–Crippen LogP) is 2.32. The number of nitrogens with zero attached hydrogens (tertiary/aromatic N) is 1. The number of likely N-dealkylation sites (tertiary alicyclic amines) is 1. The van der Waals surface area contributed by atoms with Gasteiger partial charge in [0.1, 0.15) is 17.7 Å². The average molecular weight is 293 g/mol. The van der Waals surface area contributed by atoms with Gasteiger partial charge in [0, 0.05) is 25.1 Å². The van der Waals surface area contributed by atoms with Crippen molar-refractivity contribution < 1.29 is 19.0 Å². The highest BCUT2D eigenvalue weighted by atomic mass is 19.1. The van der Waals surface area contributed by atoms with Crippen LogP contribution in [0.4, 0.5) is 4.39 Å². The number of ether oxygens (including phenoxy) is 1. The SMILES string of the molecule is CCC1(C(=O)O)CCN(CC2Cc3cc(F)ccc3O2)C1. The standard InChI is InChI=1S/C16H20FNO3/c1-2-16(15(19)20)5-6-18(10-16)9-13-8-11-7-12(17)3-4-14(11)21-13/h3-4,7,13H,2,5-6,8-10H2,1H3,(H,19,20). The van der Waals surface area contributed by atoms with Crippen LogP contribution in [0.5, 0.6) is 5.75 Å². The van der Waals surface area contributed by atoms with E-state index in [1.807, 2.05) is 6.92 Å². The number of carboxylic acid groups (broad SMARTS) is 1. The largest absolute Gasteiger partial charge is 0.488 e. The molecule has 21 heavy (non-hydrogen) atoms. The first-order chi connectivity index (χ1) is 10.0. The molecule has 2 aliphatic rings. The van der Waals surface area contributed by atoms with Crippen LogP contribution in [0, 0.1) is 11.2 Å². The Morgan fingerprint density at radius 3 is 3.05 bits per heavy atom. The van der Waals surface area contributed by atoms with Crippen LogP contribution < -0.4 is 4.74 Å². The van der Waals surface area contributed by atoms with Crippen LogP contribution in [0.1, 0.15) is 25.3 Å². The maximum atomic E-state index is 13.2. The third-order valence-electron chi connectivity index (χ3n) is 4.79. The molecule has 0 amide bonds. The summed E-state index contributed by atoms with van der Waals surface area (Å²) >= 11 is 0. The number of hydrogen-bond donors (Lipinski definition) is 1. The molecule has 1 N–H and O–H groups in total. The summed E-state index contributed by atoms with van der Waals surface area (Å²) in [6.07, 6.45) is 2.02. The maximum Gasteiger partial charge on any atom is 0.310 e. The molecule has 2 heterocycles. The lowest BCUT2D eigenvalue weighted by atomic mass is 9.84.